The minimum absolute atomic E-state index is 0.193. The van der Waals surface area contributed by atoms with Crippen molar-refractivity contribution in [2.45, 2.75) is 13.0 Å². The van der Waals surface area contributed by atoms with Crippen LogP contribution in [0.25, 0.3) is 28.1 Å². The van der Waals surface area contributed by atoms with Crippen LogP contribution in [0.15, 0.2) is 42.7 Å². The summed E-state index contributed by atoms with van der Waals surface area (Å²) in [4.78, 5) is 9.13. The molecule has 2 aromatic carbocycles. The Morgan fingerprint density at radius 1 is 1.17 bits per heavy atom. The largest absolute Gasteiger partial charge is 0.496 e. The van der Waals surface area contributed by atoms with E-state index in [1.54, 1.807) is 20.2 Å². The number of rotatable bonds is 4. The number of ether oxygens (including phenoxy) is 3. The average molecular weight is 392 g/mol. The predicted molar refractivity (Wildman–Crippen MR) is 107 cm³/mol. The Kier molecular flexibility index (Phi) is 3.95. The van der Waals surface area contributed by atoms with Gasteiger partial charge in [-0.05, 0) is 31.2 Å². The van der Waals surface area contributed by atoms with Crippen molar-refractivity contribution in [1.29, 1.82) is 0 Å². The van der Waals surface area contributed by atoms with Crippen molar-refractivity contribution in [3.05, 3.63) is 48.5 Å². The maximum Gasteiger partial charge on any atom is 0.231 e. The number of methoxy groups -OCH3 is 1. The minimum atomic E-state index is -0.641. The van der Waals surface area contributed by atoms with Crippen molar-refractivity contribution in [3.8, 4) is 34.3 Å². The molecule has 1 atom stereocenters. The molecule has 1 aliphatic heterocycles. The van der Waals surface area contributed by atoms with Crippen LogP contribution in [0.1, 0.15) is 18.9 Å². The van der Waals surface area contributed by atoms with E-state index >= 15 is 0 Å². The summed E-state index contributed by atoms with van der Waals surface area (Å²) in [7, 11) is 3.52. The SMILES string of the molecule is COc1cc2c(cc1-c1nccn1-c1ccc3c(c1)nc(C(C)O)n3C)OCO2. The highest BCUT2D eigenvalue weighted by atomic mass is 16.7. The van der Waals surface area contributed by atoms with Crippen molar-refractivity contribution in [2.24, 2.45) is 7.05 Å². The smallest absolute Gasteiger partial charge is 0.231 e. The maximum atomic E-state index is 9.95. The van der Waals surface area contributed by atoms with Crippen molar-refractivity contribution < 1.29 is 19.3 Å². The highest BCUT2D eigenvalue weighted by molar-refractivity contribution is 5.79. The number of aryl methyl sites for hydroxylation is 1. The summed E-state index contributed by atoms with van der Waals surface area (Å²) >= 11 is 0. The molecule has 8 nitrogen and oxygen atoms in total. The Morgan fingerprint density at radius 2 is 1.97 bits per heavy atom. The van der Waals surface area contributed by atoms with E-state index in [2.05, 4.69) is 9.97 Å². The predicted octanol–water partition coefficient (Wildman–Crippen LogP) is 3.22. The zero-order chi connectivity index (χ0) is 20.1. The number of aromatic nitrogens is 4. The van der Waals surface area contributed by atoms with Crippen molar-refractivity contribution in [1.82, 2.24) is 19.1 Å². The van der Waals surface area contributed by atoms with E-state index in [1.165, 1.54) is 0 Å². The lowest BCUT2D eigenvalue weighted by molar-refractivity contribution is 0.174. The molecule has 8 heteroatoms. The molecular formula is C21H20N4O4. The van der Waals surface area contributed by atoms with Crippen LogP contribution in [0.5, 0.6) is 17.2 Å². The van der Waals surface area contributed by atoms with Crippen molar-refractivity contribution in [2.75, 3.05) is 13.9 Å². The Labute approximate surface area is 166 Å². The summed E-state index contributed by atoms with van der Waals surface area (Å²) in [5, 5.41) is 9.95. The molecular weight excluding hydrogens is 372 g/mol. The van der Waals surface area contributed by atoms with Gasteiger partial charge in [0, 0.05) is 31.2 Å². The van der Waals surface area contributed by atoms with Gasteiger partial charge in [-0.3, -0.25) is 4.57 Å². The van der Waals surface area contributed by atoms with Gasteiger partial charge in [0.15, 0.2) is 11.5 Å². The van der Waals surface area contributed by atoms with Crippen LogP contribution in [-0.4, -0.2) is 38.1 Å². The van der Waals surface area contributed by atoms with E-state index < -0.39 is 6.10 Å². The second-order valence-electron chi connectivity index (χ2n) is 6.90. The second kappa shape index (κ2) is 6.52. The number of imidazole rings is 2. The molecule has 0 fully saturated rings. The summed E-state index contributed by atoms with van der Waals surface area (Å²) in [6.07, 6.45) is 2.99. The molecule has 0 amide bonds. The number of fused-ring (bicyclic) bond motifs is 2. The molecule has 0 saturated carbocycles. The van der Waals surface area contributed by atoms with Gasteiger partial charge in [-0.1, -0.05) is 0 Å². The molecule has 2 aromatic heterocycles. The molecule has 0 saturated heterocycles. The lowest BCUT2D eigenvalue weighted by Gasteiger charge is -2.12. The van der Waals surface area contributed by atoms with Gasteiger partial charge < -0.3 is 23.9 Å². The zero-order valence-electron chi connectivity index (χ0n) is 16.3. The molecule has 3 heterocycles. The van der Waals surface area contributed by atoms with Gasteiger partial charge in [0.1, 0.15) is 23.5 Å². The highest BCUT2D eigenvalue weighted by Crippen LogP contribution is 2.42. The average Bonchev–Trinajstić information content (AvgIpc) is 3.44. The van der Waals surface area contributed by atoms with E-state index in [0.717, 1.165) is 22.3 Å². The zero-order valence-corrected chi connectivity index (χ0v) is 16.3. The third-order valence-electron chi connectivity index (χ3n) is 5.13. The van der Waals surface area contributed by atoms with E-state index in [-0.39, 0.29) is 6.79 Å². The first-order valence-corrected chi connectivity index (χ1v) is 9.23. The Bertz CT molecular complexity index is 1230. The number of aliphatic hydroxyl groups is 1. The third kappa shape index (κ3) is 2.72. The van der Waals surface area contributed by atoms with Crippen LogP contribution in [-0.2, 0) is 7.05 Å². The lowest BCUT2D eigenvalue weighted by Crippen LogP contribution is -2.01. The molecule has 0 bridgehead atoms. The topological polar surface area (TPSA) is 83.6 Å². The number of hydrogen-bond donors (Lipinski definition) is 1. The molecule has 0 aliphatic carbocycles. The lowest BCUT2D eigenvalue weighted by atomic mass is 10.1. The molecule has 29 heavy (non-hydrogen) atoms. The van der Waals surface area contributed by atoms with Crippen LogP contribution < -0.4 is 14.2 Å². The summed E-state index contributed by atoms with van der Waals surface area (Å²) < 4.78 is 20.4. The number of nitrogens with zero attached hydrogens (tertiary/aromatic N) is 4. The van der Waals surface area contributed by atoms with Gasteiger partial charge in [0.05, 0.1) is 23.7 Å². The molecule has 1 N–H and O–H groups in total. The Morgan fingerprint density at radius 3 is 2.72 bits per heavy atom. The second-order valence-corrected chi connectivity index (χ2v) is 6.90. The van der Waals surface area contributed by atoms with E-state index in [1.807, 2.05) is 52.7 Å². The van der Waals surface area contributed by atoms with E-state index in [4.69, 9.17) is 14.2 Å². The van der Waals surface area contributed by atoms with Gasteiger partial charge >= 0.3 is 0 Å². The molecule has 0 spiro atoms. The number of aliphatic hydroxyl groups excluding tert-OH is 1. The van der Waals surface area contributed by atoms with Crippen LogP contribution in [0.4, 0.5) is 0 Å². The fourth-order valence-electron chi connectivity index (χ4n) is 3.71. The van der Waals surface area contributed by atoms with E-state index in [0.29, 0.717) is 28.9 Å². The Balaban J connectivity index is 1.65. The first-order chi connectivity index (χ1) is 14.1. The summed E-state index contributed by atoms with van der Waals surface area (Å²) in [6.45, 7) is 1.90. The normalized spacial score (nSPS) is 13.8. The summed E-state index contributed by atoms with van der Waals surface area (Å²) in [6, 6.07) is 9.66. The monoisotopic (exact) mass is 392 g/mol. The summed E-state index contributed by atoms with van der Waals surface area (Å²) in [5.41, 5.74) is 3.46. The van der Waals surface area contributed by atoms with Crippen molar-refractivity contribution in [3.63, 3.8) is 0 Å². The molecule has 4 aromatic rings. The molecule has 1 unspecified atom stereocenters. The highest BCUT2D eigenvalue weighted by Gasteiger charge is 2.22. The quantitative estimate of drug-likeness (QED) is 0.574. The number of benzene rings is 2. The van der Waals surface area contributed by atoms with Gasteiger partial charge in [-0.25, -0.2) is 9.97 Å². The van der Waals surface area contributed by atoms with Gasteiger partial charge in [0.2, 0.25) is 6.79 Å². The molecule has 5 rings (SSSR count). The fourth-order valence-corrected chi connectivity index (χ4v) is 3.71. The molecule has 148 valence electrons. The van der Waals surface area contributed by atoms with Crippen molar-refractivity contribution >= 4 is 11.0 Å². The van der Waals surface area contributed by atoms with Crippen LogP contribution >= 0.6 is 0 Å². The first kappa shape index (κ1) is 17.6. The van der Waals surface area contributed by atoms with Gasteiger partial charge in [-0.15, -0.1) is 0 Å². The van der Waals surface area contributed by atoms with E-state index in [9.17, 15) is 5.11 Å². The summed E-state index contributed by atoms with van der Waals surface area (Å²) in [5.74, 6) is 3.31. The number of hydrogen-bond acceptors (Lipinski definition) is 6. The third-order valence-corrected chi connectivity index (χ3v) is 5.13. The van der Waals surface area contributed by atoms with Crippen LogP contribution in [0.2, 0.25) is 0 Å². The minimum Gasteiger partial charge on any atom is -0.496 e. The Hall–Kier alpha value is -3.52. The molecule has 0 radical (unpaired) electrons. The first-order valence-electron chi connectivity index (χ1n) is 9.23. The van der Waals surface area contributed by atoms with Gasteiger partial charge in [0.25, 0.3) is 0 Å². The molecule has 1 aliphatic rings. The van der Waals surface area contributed by atoms with Gasteiger partial charge in [-0.2, -0.15) is 0 Å². The van der Waals surface area contributed by atoms with Crippen LogP contribution in [0.3, 0.4) is 0 Å². The standard InChI is InChI=1S/C21H20N4O4/c1-12(26)20-23-15-8-13(4-5-16(15)24(20)2)25-7-6-22-21(25)14-9-18-19(29-11-28-18)10-17(14)27-3/h4-10,12,26H,11H2,1-3H3. The fraction of sp³-hybridized carbons (Fsp3) is 0.238. The van der Waals surface area contributed by atoms with Crippen LogP contribution in [0, 0.1) is 0 Å². The maximum absolute atomic E-state index is 9.95.